The first-order chi connectivity index (χ1) is 8.00. The van der Waals surface area contributed by atoms with Gasteiger partial charge in [-0.25, -0.2) is 13.2 Å². The Morgan fingerprint density at radius 2 is 1.67 bits per heavy atom. The van der Waals surface area contributed by atoms with E-state index in [-0.39, 0.29) is 23.9 Å². The lowest BCUT2D eigenvalue weighted by atomic mass is 9.77. The lowest BCUT2D eigenvalue weighted by molar-refractivity contribution is 0.0412. The number of nitrogens with two attached hydrogens (primary N) is 1. The van der Waals surface area contributed by atoms with Crippen molar-refractivity contribution >= 4 is 12.4 Å². The molecular formula is C12H15ClF3NO. The van der Waals surface area contributed by atoms with E-state index in [4.69, 9.17) is 5.73 Å². The molecule has 3 N–H and O–H groups in total. The van der Waals surface area contributed by atoms with Crippen molar-refractivity contribution in [3.05, 3.63) is 35.1 Å². The fourth-order valence-corrected chi connectivity index (χ4v) is 2.04. The molecule has 0 heterocycles. The fourth-order valence-electron chi connectivity index (χ4n) is 2.04. The zero-order chi connectivity index (χ0) is 12.6. The first kappa shape index (κ1) is 15.3. The second kappa shape index (κ2) is 5.91. The Morgan fingerprint density at radius 3 is 2.06 bits per heavy atom. The zero-order valence-corrected chi connectivity index (χ0v) is 10.4. The van der Waals surface area contributed by atoms with Crippen LogP contribution in [0.4, 0.5) is 13.2 Å². The van der Waals surface area contributed by atoms with Gasteiger partial charge in [0.2, 0.25) is 0 Å². The van der Waals surface area contributed by atoms with E-state index in [0.29, 0.717) is 0 Å². The van der Waals surface area contributed by atoms with Gasteiger partial charge in [-0.15, -0.1) is 12.4 Å². The third kappa shape index (κ3) is 2.79. The lowest BCUT2D eigenvalue weighted by Gasteiger charge is -2.33. The summed E-state index contributed by atoms with van der Waals surface area (Å²) in [5.74, 6) is -4.01. The van der Waals surface area contributed by atoms with Crippen molar-refractivity contribution in [2.45, 2.75) is 31.4 Å². The lowest BCUT2D eigenvalue weighted by Crippen LogP contribution is -2.36. The number of hydrogen-bond donors (Lipinski definition) is 2. The number of halogens is 4. The first-order valence-corrected chi connectivity index (χ1v) is 5.59. The second-order valence-corrected chi connectivity index (χ2v) is 4.51. The fraction of sp³-hybridized carbons (Fsp3) is 0.500. The Balaban J connectivity index is 0.00000162. The molecule has 1 saturated carbocycles. The highest BCUT2D eigenvalue weighted by Gasteiger charge is 2.31. The summed E-state index contributed by atoms with van der Waals surface area (Å²) in [4.78, 5) is 0. The minimum Gasteiger partial charge on any atom is -0.391 e. The van der Waals surface area contributed by atoms with E-state index < -0.39 is 29.6 Å². The normalized spacial score (nSPS) is 18.7. The molecule has 6 heteroatoms. The van der Waals surface area contributed by atoms with Crippen LogP contribution in [-0.2, 0) is 0 Å². The van der Waals surface area contributed by atoms with Crippen molar-refractivity contribution in [3.63, 3.8) is 0 Å². The predicted molar refractivity (Wildman–Crippen MR) is 63.8 cm³/mol. The Bertz CT molecular complexity index is 403. The third-order valence-corrected chi connectivity index (χ3v) is 3.39. The van der Waals surface area contributed by atoms with Crippen LogP contribution >= 0.6 is 12.4 Å². The molecule has 0 aliphatic heterocycles. The molecule has 2 atom stereocenters. The number of aliphatic hydroxyl groups excluding tert-OH is 1. The van der Waals surface area contributed by atoms with E-state index in [1.165, 1.54) is 0 Å². The third-order valence-electron chi connectivity index (χ3n) is 3.39. The van der Waals surface area contributed by atoms with Crippen LogP contribution in [-0.4, -0.2) is 11.2 Å². The Morgan fingerprint density at radius 1 is 1.17 bits per heavy atom. The molecule has 0 saturated heterocycles. The van der Waals surface area contributed by atoms with Gasteiger partial charge in [0.1, 0.15) is 0 Å². The average Bonchev–Trinajstić information content (AvgIpc) is 2.21. The molecule has 1 fully saturated rings. The van der Waals surface area contributed by atoms with Gasteiger partial charge in [0, 0.05) is 0 Å². The van der Waals surface area contributed by atoms with Gasteiger partial charge in [-0.3, -0.25) is 0 Å². The summed E-state index contributed by atoms with van der Waals surface area (Å²) in [7, 11) is 0. The van der Waals surface area contributed by atoms with E-state index in [9.17, 15) is 18.3 Å². The van der Waals surface area contributed by atoms with Crippen LogP contribution in [0.1, 0.15) is 30.9 Å². The summed E-state index contributed by atoms with van der Waals surface area (Å²) in [5.41, 5.74) is 5.82. The van der Waals surface area contributed by atoms with Crippen molar-refractivity contribution in [1.29, 1.82) is 0 Å². The minimum absolute atomic E-state index is 0. The van der Waals surface area contributed by atoms with E-state index >= 15 is 0 Å². The standard InChI is InChI=1S/C12H14F3NO.ClH/c13-8-4-7(5-9(14)10(8)15)11(16)12(17)6-2-1-3-6;/h4-6,11-12,17H,1-3,16H2;1H/t11-,12+;/m0./s1. The van der Waals surface area contributed by atoms with Crippen LogP contribution in [0, 0.1) is 23.4 Å². The zero-order valence-electron chi connectivity index (χ0n) is 9.57. The van der Waals surface area contributed by atoms with Gasteiger partial charge in [-0.05, 0) is 36.5 Å². The van der Waals surface area contributed by atoms with Gasteiger partial charge in [-0.2, -0.15) is 0 Å². The minimum atomic E-state index is -1.51. The van der Waals surface area contributed by atoms with E-state index in [1.807, 2.05) is 0 Å². The summed E-state index contributed by atoms with van der Waals surface area (Å²) in [6, 6.07) is 0.792. The molecular weight excluding hydrogens is 267 g/mol. The largest absolute Gasteiger partial charge is 0.391 e. The number of benzene rings is 1. The molecule has 18 heavy (non-hydrogen) atoms. The Labute approximate surface area is 109 Å². The monoisotopic (exact) mass is 281 g/mol. The van der Waals surface area contributed by atoms with Crippen LogP contribution in [0.25, 0.3) is 0 Å². The maximum absolute atomic E-state index is 13.0. The molecule has 0 aromatic heterocycles. The molecule has 0 bridgehead atoms. The van der Waals surface area contributed by atoms with E-state index in [0.717, 1.165) is 31.4 Å². The van der Waals surface area contributed by atoms with Gasteiger partial charge >= 0.3 is 0 Å². The number of aliphatic hydroxyl groups is 1. The Hall–Kier alpha value is -0.780. The quantitative estimate of drug-likeness (QED) is 0.837. The van der Waals surface area contributed by atoms with Crippen LogP contribution in [0.2, 0.25) is 0 Å². The van der Waals surface area contributed by atoms with Gasteiger partial charge in [0.15, 0.2) is 17.5 Å². The van der Waals surface area contributed by atoms with E-state index in [2.05, 4.69) is 0 Å². The SMILES string of the molecule is Cl.N[C@@H](c1cc(F)c(F)c(F)c1)[C@H](O)C1CCC1. The molecule has 0 unspecified atom stereocenters. The Kier molecular flexibility index (Phi) is 5.01. The molecule has 102 valence electrons. The van der Waals surface area contributed by atoms with Crippen LogP contribution < -0.4 is 5.73 Å². The summed E-state index contributed by atoms with van der Waals surface area (Å²) in [6.45, 7) is 0. The van der Waals surface area contributed by atoms with Crippen molar-refractivity contribution in [1.82, 2.24) is 0 Å². The first-order valence-electron chi connectivity index (χ1n) is 5.59. The predicted octanol–water partition coefficient (Wildman–Crippen LogP) is 2.69. The van der Waals surface area contributed by atoms with Gasteiger partial charge in [0.25, 0.3) is 0 Å². The molecule has 1 aromatic rings. The topological polar surface area (TPSA) is 46.2 Å². The number of hydrogen-bond acceptors (Lipinski definition) is 2. The highest BCUT2D eigenvalue weighted by Crippen LogP contribution is 2.34. The van der Waals surface area contributed by atoms with Crippen molar-refractivity contribution < 1.29 is 18.3 Å². The second-order valence-electron chi connectivity index (χ2n) is 4.51. The smallest absolute Gasteiger partial charge is 0.194 e. The summed E-state index contributed by atoms with van der Waals surface area (Å²) >= 11 is 0. The summed E-state index contributed by atoms with van der Waals surface area (Å²) in [6.07, 6.45) is 1.91. The van der Waals surface area contributed by atoms with E-state index in [1.54, 1.807) is 0 Å². The molecule has 0 radical (unpaired) electrons. The molecule has 0 spiro atoms. The summed E-state index contributed by atoms with van der Waals surface area (Å²) in [5, 5.41) is 9.88. The van der Waals surface area contributed by atoms with Gasteiger partial charge in [0.05, 0.1) is 12.1 Å². The van der Waals surface area contributed by atoms with Crippen molar-refractivity contribution in [2.24, 2.45) is 11.7 Å². The maximum atomic E-state index is 13.0. The molecule has 2 nitrogen and oxygen atoms in total. The van der Waals surface area contributed by atoms with Gasteiger partial charge < -0.3 is 10.8 Å². The molecule has 0 amide bonds. The maximum Gasteiger partial charge on any atom is 0.194 e. The highest BCUT2D eigenvalue weighted by molar-refractivity contribution is 5.85. The van der Waals surface area contributed by atoms with Crippen LogP contribution in [0.3, 0.4) is 0 Å². The van der Waals surface area contributed by atoms with Crippen LogP contribution in [0.15, 0.2) is 12.1 Å². The molecule has 1 aliphatic rings. The van der Waals surface area contributed by atoms with Crippen molar-refractivity contribution in [3.8, 4) is 0 Å². The highest BCUT2D eigenvalue weighted by atomic mass is 35.5. The van der Waals surface area contributed by atoms with Gasteiger partial charge in [-0.1, -0.05) is 6.42 Å². The number of rotatable bonds is 3. The molecule has 2 rings (SSSR count). The van der Waals surface area contributed by atoms with Crippen LogP contribution in [0.5, 0.6) is 0 Å². The van der Waals surface area contributed by atoms with Crippen molar-refractivity contribution in [2.75, 3.05) is 0 Å². The average molecular weight is 282 g/mol. The molecule has 1 aromatic carbocycles. The molecule has 1 aliphatic carbocycles. The summed E-state index contributed by atoms with van der Waals surface area (Å²) < 4.78 is 38.8.